The van der Waals surface area contributed by atoms with E-state index in [0.29, 0.717) is 6.54 Å². The van der Waals surface area contributed by atoms with Crippen LogP contribution in [0.15, 0.2) is 42.6 Å². The van der Waals surface area contributed by atoms with E-state index in [1.807, 2.05) is 59.8 Å². The molecule has 25 heavy (non-hydrogen) atoms. The van der Waals surface area contributed by atoms with Gasteiger partial charge in [0.05, 0.1) is 0 Å². The molecule has 1 unspecified atom stereocenters. The highest BCUT2D eigenvalue weighted by Gasteiger charge is 2.30. The highest BCUT2D eigenvalue weighted by molar-refractivity contribution is 5.89. The second-order valence-electron chi connectivity index (χ2n) is 6.61. The van der Waals surface area contributed by atoms with Crippen molar-refractivity contribution < 1.29 is 4.79 Å². The van der Waals surface area contributed by atoms with Crippen LogP contribution in [0.4, 0.5) is 10.5 Å². The Morgan fingerprint density at radius 2 is 2.16 bits per heavy atom. The van der Waals surface area contributed by atoms with Crippen LogP contribution in [0.1, 0.15) is 23.7 Å². The summed E-state index contributed by atoms with van der Waals surface area (Å²) in [5, 5.41) is 2.99. The van der Waals surface area contributed by atoms with Crippen molar-refractivity contribution in [2.24, 2.45) is 7.05 Å². The second kappa shape index (κ2) is 6.20. The minimum absolute atomic E-state index is 0.0509. The SMILES string of the molecule is Cc1cccc(NC(=O)N2CCC(c3nc4cccnc4n3C)C2)c1. The Labute approximate surface area is 146 Å². The average molecular weight is 335 g/mol. The lowest BCUT2D eigenvalue weighted by Gasteiger charge is -2.17. The van der Waals surface area contributed by atoms with Crippen LogP contribution < -0.4 is 5.32 Å². The van der Waals surface area contributed by atoms with Gasteiger partial charge in [-0.05, 0) is 43.2 Å². The molecule has 2 amide bonds. The zero-order valence-corrected chi connectivity index (χ0v) is 14.4. The predicted molar refractivity (Wildman–Crippen MR) is 97.6 cm³/mol. The molecule has 0 spiro atoms. The fraction of sp³-hybridized carbons (Fsp3) is 0.316. The monoisotopic (exact) mass is 335 g/mol. The van der Waals surface area contributed by atoms with Crippen LogP contribution in [-0.4, -0.2) is 38.6 Å². The van der Waals surface area contributed by atoms with Crippen molar-refractivity contribution in [1.29, 1.82) is 0 Å². The number of fused-ring (bicyclic) bond motifs is 1. The molecule has 1 fully saturated rings. The molecule has 1 N–H and O–H groups in total. The Morgan fingerprint density at radius 1 is 1.28 bits per heavy atom. The Balaban J connectivity index is 1.49. The van der Waals surface area contributed by atoms with Crippen LogP contribution >= 0.6 is 0 Å². The van der Waals surface area contributed by atoms with Gasteiger partial charge in [0.15, 0.2) is 5.65 Å². The predicted octanol–water partition coefficient (Wildman–Crippen LogP) is 3.30. The number of urea groups is 1. The van der Waals surface area contributed by atoms with Gasteiger partial charge in [-0.3, -0.25) is 0 Å². The van der Waals surface area contributed by atoms with Crippen LogP contribution in [0.3, 0.4) is 0 Å². The maximum Gasteiger partial charge on any atom is 0.321 e. The highest BCUT2D eigenvalue weighted by atomic mass is 16.2. The van der Waals surface area contributed by atoms with Crippen LogP contribution in [0.25, 0.3) is 11.2 Å². The van der Waals surface area contributed by atoms with Crippen LogP contribution in [0.5, 0.6) is 0 Å². The number of likely N-dealkylation sites (tertiary alicyclic amines) is 1. The zero-order chi connectivity index (χ0) is 17.4. The lowest BCUT2D eigenvalue weighted by atomic mass is 10.1. The number of aromatic nitrogens is 3. The van der Waals surface area contributed by atoms with Gasteiger partial charge in [-0.25, -0.2) is 14.8 Å². The average Bonchev–Trinajstić information content (AvgIpc) is 3.20. The largest absolute Gasteiger partial charge is 0.324 e. The fourth-order valence-corrected chi connectivity index (χ4v) is 3.49. The number of hydrogen-bond donors (Lipinski definition) is 1. The molecule has 6 heteroatoms. The quantitative estimate of drug-likeness (QED) is 0.781. The van der Waals surface area contributed by atoms with E-state index in [-0.39, 0.29) is 11.9 Å². The first kappa shape index (κ1) is 15.6. The third-order valence-corrected chi connectivity index (χ3v) is 4.77. The number of anilines is 1. The third-order valence-electron chi connectivity index (χ3n) is 4.77. The molecule has 0 saturated carbocycles. The summed E-state index contributed by atoms with van der Waals surface area (Å²) in [6.07, 6.45) is 2.70. The first-order valence-electron chi connectivity index (χ1n) is 8.52. The summed E-state index contributed by atoms with van der Waals surface area (Å²) >= 11 is 0. The summed E-state index contributed by atoms with van der Waals surface area (Å²) in [6, 6.07) is 11.7. The number of imidazole rings is 1. The maximum absolute atomic E-state index is 12.5. The van der Waals surface area contributed by atoms with Crippen molar-refractivity contribution in [3.05, 3.63) is 54.0 Å². The standard InChI is InChI=1S/C19H21N5O/c1-13-5-3-6-15(11-13)21-19(25)24-10-8-14(12-24)17-22-16-7-4-9-20-18(16)23(17)2/h3-7,9,11,14H,8,10,12H2,1-2H3,(H,21,25). The van der Waals surface area contributed by atoms with Crippen molar-refractivity contribution in [2.75, 3.05) is 18.4 Å². The van der Waals surface area contributed by atoms with Gasteiger partial charge in [0.2, 0.25) is 0 Å². The Morgan fingerprint density at radius 3 is 2.96 bits per heavy atom. The van der Waals surface area contributed by atoms with Crippen molar-refractivity contribution in [3.63, 3.8) is 0 Å². The molecule has 4 rings (SSSR count). The molecular weight excluding hydrogens is 314 g/mol. The number of hydrogen-bond acceptors (Lipinski definition) is 3. The number of aryl methyl sites for hydroxylation is 2. The smallest absolute Gasteiger partial charge is 0.321 e. The van der Waals surface area contributed by atoms with Crippen molar-refractivity contribution >= 4 is 22.9 Å². The van der Waals surface area contributed by atoms with E-state index in [0.717, 1.165) is 41.2 Å². The number of nitrogens with zero attached hydrogens (tertiary/aromatic N) is 4. The van der Waals surface area contributed by atoms with E-state index in [1.54, 1.807) is 6.20 Å². The van der Waals surface area contributed by atoms with Crippen LogP contribution in [0, 0.1) is 6.92 Å². The molecule has 0 aliphatic carbocycles. The topological polar surface area (TPSA) is 63.1 Å². The Hall–Kier alpha value is -2.89. The fourth-order valence-electron chi connectivity index (χ4n) is 3.49. The van der Waals surface area contributed by atoms with E-state index in [1.165, 1.54) is 0 Å². The summed E-state index contributed by atoms with van der Waals surface area (Å²) < 4.78 is 2.04. The minimum Gasteiger partial charge on any atom is -0.324 e. The molecule has 0 bridgehead atoms. The maximum atomic E-state index is 12.5. The summed E-state index contributed by atoms with van der Waals surface area (Å²) in [6.45, 7) is 3.43. The molecule has 0 radical (unpaired) electrons. The lowest BCUT2D eigenvalue weighted by Crippen LogP contribution is -2.33. The van der Waals surface area contributed by atoms with Gasteiger partial charge in [0.25, 0.3) is 0 Å². The first-order chi connectivity index (χ1) is 12.1. The van der Waals surface area contributed by atoms with E-state index in [4.69, 9.17) is 4.98 Å². The molecule has 1 aliphatic rings. The van der Waals surface area contributed by atoms with Gasteiger partial charge >= 0.3 is 6.03 Å². The molecule has 3 aromatic rings. The normalized spacial score (nSPS) is 17.2. The molecule has 1 atom stereocenters. The molecule has 1 aromatic carbocycles. The van der Waals surface area contributed by atoms with Crippen molar-refractivity contribution in [2.45, 2.75) is 19.3 Å². The number of benzene rings is 1. The summed E-state index contributed by atoms with van der Waals surface area (Å²) in [5.74, 6) is 1.24. The molecule has 1 saturated heterocycles. The van der Waals surface area contributed by atoms with Gasteiger partial charge in [0.1, 0.15) is 11.3 Å². The molecule has 1 aliphatic heterocycles. The molecule has 2 aromatic heterocycles. The molecule has 3 heterocycles. The van der Waals surface area contributed by atoms with E-state index < -0.39 is 0 Å². The molecular formula is C19H21N5O. The highest BCUT2D eigenvalue weighted by Crippen LogP contribution is 2.28. The minimum atomic E-state index is -0.0509. The Bertz CT molecular complexity index is 932. The number of carbonyl (C=O) groups excluding carboxylic acids is 1. The third kappa shape index (κ3) is 2.95. The van der Waals surface area contributed by atoms with Crippen molar-refractivity contribution in [3.8, 4) is 0 Å². The molecule has 128 valence electrons. The molecule has 6 nitrogen and oxygen atoms in total. The number of nitrogens with one attached hydrogen (secondary N) is 1. The van der Waals surface area contributed by atoms with Gasteiger partial charge in [0, 0.05) is 37.9 Å². The second-order valence-corrected chi connectivity index (χ2v) is 6.61. The summed E-state index contributed by atoms with van der Waals surface area (Å²) in [5.41, 5.74) is 3.76. The first-order valence-corrected chi connectivity index (χ1v) is 8.52. The number of rotatable bonds is 2. The van der Waals surface area contributed by atoms with Crippen LogP contribution in [0.2, 0.25) is 0 Å². The van der Waals surface area contributed by atoms with E-state index >= 15 is 0 Å². The number of amides is 2. The lowest BCUT2D eigenvalue weighted by molar-refractivity contribution is 0.222. The van der Waals surface area contributed by atoms with Crippen molar-refractivity contribution in [1.82, 2.24) is 19.4 Å². The number of carbonyl (C=O) groups is 1. The van der Waals surface area contributed by atoms with Gasteiger partial charge in [-0.15, -0.1) is 0 Å². The summed E-state index contributed by atoms with van der Waals surface area (Å²) in [4.78, 5) is 23.5. The van der Waals surface area contributed by atoms with Crippen LogP contribution in [-0.2, 0) is 7.05 Å². The van der Waals surface area contributed by atoms with Gasteiger partial charge in [-0.2, -0.15) is 0 Å². The van der Waals surface area contributed by atoms with E-state index in [2.05, 4.69) is 10.3 Å². The van der Waals surface area contributed by atoms with Gasteiger partial charge < -0.3 is 14.8 Å². The number of pyridine rings is 1. The Kier molecular flexibility index (Phi) is 3.87. The van der Waals surface area contributed by atoms with E-state index in [9.17, 15) is 4.79 Å². The zero-order valence-electron chi connectivity index (χ0n) is 14.4. The van der Waals surface area contributed by atoms with Gasteiger partial charge in [-0.1, -0.05) is 12.1 Å². The summed E-state index contributed by atoms with van der Waals surface area (Å²) in [7, 11) is 1.99.